The first-order chi connectivity index (χ1) is 13.7. The van der Waals surface area contributed by atoms with Crippen LogP contribution in [0.25, 0.3) is 0 Å². The quantitative estimate of drug-likeness (QED) is 0.540. The molecule has 1 amide bonds. The first-order valence-electron chi connectivity index (χ1n) is 8.19. The summed E-state index contributed by atoms with van der Waals surface area (Å²) < 4.78 is 38.8. The Labute approximate surface area is 167 Å². The largest absolute Gasteiger partial charge is 0.416 e. The van der Waals surface area contributed by atoms with Crippen molar-refractivity contribution in [2.75, 3.05) is 16.8 Å². The molecular formula is C18H15F3N6OS. The minimum Gasteiger partial charge on any atom is -0.368 e. The Morgan fingerprint density at radius 2 is 1.62 bits per heavy atom. The van der Waals surface area contributed by atoms with Gasteiger partial charge in [0.05, 0.1) is 5.56 Å². The zero-order chi connectivity index (χ0) is 21.0. The third kappa shape index (κ3) is 5.35. The van der Waals surface area contributed by atoms with Crippen molar-refractivity contribution in [2.24, 2.45) is 0 Å². The molecule has 0 saturated heterocycles. The molecule has 11 heteroatoms. The Kier molecular flexibility index (Phi) is 5.87. The molecule has 0 aliphatic heterocycles. The molecule has 1 heterocycles. The van der Waals surface area contributed by atoms with Crippen molar-refractivity contribution in [2.45, 2.75) is 16.6 Å². The lowest BCUT2D eigenvalue weighted by Gasteiger charge is -2.17. The fourth-order valence-corrected chi connectivity index (χ4v) is 3.39. The molecule has 7 nitrogen and oxygen atoms in total. The lowest BCUT2D eigenvalue weighted by molar-refractivity contribution is -0.137. The summed E-state index contributed by atoms with van der Waals surface area (Å²) >= 11 is 0.951. The summed E-state index contributed by atoms with van der Waals surface area (Å²) in [5.41, 5.74) is 10.9. The number of nitrogen functional groups attached to an aromatic ring is 2. The van der Waals surface area contributed by atoms with Crippen LogP contribution < -0.4 is 16.8 Å². The van der Waals surface area contributed by atoms with E-state index in [1.165, 1.54) is 12.1 Å². The third-order valence-electron chi connectivity index (χ3n) is 3.67. The number of alkyl halides is 3. The second-order valence-electron chi connectivity index (χ2n) is 5.81. The van der Waals surface area contributed by atoms with Gasteiger partial charge in [-0.1, -0.05) is 48.2 Å². The van der Waals surface area contributed by atoms with Gasteiger partial charge in [-0.2, -0.15) is 28.1 Å². The summed E-state index contributed by atoms with van der Waals surface area (Å²) in [6, 6.07) is 13.0. The highest BCUT2D eigenvalue weighted by Crippen LogP contribution is 2.35. The van der Waals surface area contributed by atoms with Crippen molar-refractivity contribution in [1.82, 2.24) is 15.0 Å². The van der Waals surface area contributed by atoms with Crippen molar-refractivity contribution in [3.8, 4) is 0 Å². The summed E-state index contributed by atoms with van der Waals surface area (Å²) in [4.78, 5) is 24.5. The summed E-state index contributed by atoms with van der Waals surface area (Å²) in [6.45, 7) is 0. The summed E-state index contributed by atoms with van der Waals surface area (Å²) in [7, 11) is 0. The van der Waals surface area contributed by atoms with Crippen molar-refractivity contribution in [1.29, 1.82) is 0 Å². The number of nitrogens with one attached hydrogen (secondary N) is 1. The number of nitrogens with two attached hydrogens (primary N) is 2. The number of nitrogens with zero attached hydrogens (tertiary/aromatic N) is 3. The van der Waals surface area contributed by atoms with Gasteiger partial charge < -0.3 is 16.8 Å². The van der Waals surface area contributed by atoms with Crippen LogP contribution in [-0.4, -0.2) is 20.9 Å². The summed E-state index contributed by atoms with van der Waals surface area (Å²) in [5.74, 6) is -0.770. The van der Waals surface area contributed by atoms with E-state index in [9.17, 15) is 18.0 Å². The average Bonchev–Trinajstić information content (AvgIpc) is 2.65. The van der Waals surface area contributed by atoms with Gasteiger partial charge in [-0.15, -0.1) is 0 Å². The first kappa shape index (κ1) is 20.4. The molecule has 1 unspecified atom stereocenters. The van der Waals surface area contributed by atoms with Gasteiger partial charge in [-0.3, -0.25) is 4.79 Å². The van der Waals surface area contributed by atoms with Crippen molar-refractivity contribution in [3.63, 3.8) is 0 Å². The Morgan fingerprint density at radius 3 is 2.24 bits per heavy atom. The Balaban J connectivity index is 1.89. The number of thioether (sulfide) groups is 1. The van der Waals surface area contributed by atoms with Gasteiger partial charge in [-0.05, 0) is 23.8 Å². The summed E-state index contributed by atoms with van der Waals surface area (Å²) in [6.07, 6.45) is -4.52. The van der Waals surface area contributed by atoms with Gasteiger partial charge in [0.2, 0.25) is 17.8 Å². The van der Waals surface area contributed by atoms with E-state index < -0.39 is 22.9 Å². The first-order valence-corrected chi connectivity index (χ1v) is 9.07. The maximum Gasteiger partial charge on any atom is 0.416 e. The molecule has 3 aromatic rings. The lowest BCUT2D eigenvalue weighted by atomic mass is 10.1. The van der Waals surface area contributed by atoms with Gasteiger partial charge >= 0.3 is 6.18 Å². The standard InChI is InChI=1S/C18H15F3N6OS/c19-18(20,21)11-7-4-8-12(9-11)24-14(28)13(10-5-2-1-3-6-10)29-17-26-15(22)25-16(23)27-17/h1-9,13H,(H,24,28)(H4,22,23,25,26,27). The normalized spacial score (nSPS) is 12.4. The highest BCUT2D eigenvalue weighted by Gasteiger charge is 2.31. The fraction of sp³-hybridized carbons (Fsp3) is 0.111. The molecule has 0 aliphatic carbocycles. The maximum atomic E-state index is 12.9. The molecule has 0 bridgehead atoms. The number of anilines is 3. The molecule has 0 fully saturated rings. The minimum atomic E-state index is -4.52. The van der Waals surface area contributed by atoms with E-state index in [0.717, 1.165) is 23.9 Å². The second kappa shape index (κ2) is 8.35. The molecule has 0 spiro atoms. The highest BCUT2D eigenvalue weighted by molar-refractivity contribution is 8.00. The molecule has 0 radical (unpaired) electrons. The van der Waals surface area contributed by atoms with E-state index in [1.54, 1.807) is 30.3 Å². The second-order valence-corrected chi connectivity index (χ2v) is 6.88. The van der Waals surface area contributed by atoms with Crippen LogP contribution in [-0.2, 0) is 11.0 Å². The molecule has 2 aromatic carbocycles. The van der Waals surface area contributed by atoms with E-state index in [4.69, 9.17) is 11.5 Å². The number of benzene rings is 2. The number of carbonyl (C=O) groups is 1. The van der Waals surface area contributed by atoms with Crippen LogP contribution in [0.3, 0.4) is 0 Å². The fourth-order valence-electron chi connectivity index (χ4n) is 2.43. The van der Waals surface area contributed by atoms with Gasteiger partial charge in [0.25, 0.3) is 0 Å². The van der Waals surface area contributed by atoms with Crippen molar-refractivity contribution < 1.29 is 18.0 Å². The highest BCUT2D eigenvalue weighted by atomic mass is 32.2. The SMILES string of the molecule is Nc1nc(N)nc(SC(C(=O)Nc2cccc(C(F)(F)F)c2)c2ccccc2)n1. The topological polar surface area (TPSA) is 120 Å². The van der Waals surface area contributed by atoms with E-state index in [0.29, 0.717) is 5.56 Å². The van der Waals surface area contributed by atoms with Gasteiger partial charge in [-0.25, -0.2) is 0 Å². The number of aromatic nitrogens is 3. The number of amides is 1. The molecule has 0 saturated carbocycles. The van der Waals surface area contributed by atoms with Crippen molar-refractivity contribution >= 4 is 35.3 Å². The van der Waals surface area contributed by atoms with Crippen LogP contribution in [0.4, 0.5) is 30.8 Å². The number of carbonyl (C=O) groups excluding carboxylic acids is 1. The molecular weight excluding hydrogens is 405 g/mol. The maximum absolute atomic E-state index is 12.9. The summed E-state index contributed by atoms with van der Waals surface area (Å²) in [5, 5.41) is 1.75. The zero-order valence-electron chi connectivity index (χ0n) is 14.7. The van der Waals surface area contributed by atoms with E-state index in [1.807, 2.05) is 0 Å². The molecule has 3 rings (SSSR count). The monoisotopic (exact) mass is 420 g/mol. The number of hydrogen-bond acceptors (Lipinski definition) is 7. The van der Waals surface area contributed by atoms with Crippen LogP contribution in [0.15, 0.2) is 59.8 Å². The van der Waals surface area contributed by atoms with Gasteiger partial charge in [0.1, 0.15) is 5.25 Å². The average molecular weight is 420 g/mol. The number of rotatable bonds is 5. The molecule has 0 aliphatic rings. The lowest BCUT2D eigenvalue weighted by Crippen LogP contribution is -2.20. The zero-order valence-corrected chi connectivity index (χ0v) is 15.5. The van der Waals surface area contributed by atoms with Gasteiger partial charge in [0, 0.05) is 5.69 Å². The molecule has 29 heavy (non-hydrogen) atoms. The van der Waals surface area contributed by atoms with Crippen molar-refractivity contribution in [3.05, 3.63) is 65.7 Å². The number of halogens is 3. The van der Waals surface area contributed by atoms with Crippen LogP contribution in [0, 0.1) is 0 Å². The predicted molar refractivity (Wildman–Crippen MR) is 104 cm³/mol. The van der Waals surface area contributed by atoms with Crippen LogP contribution in [0.1, 0.15) is 16.4 Å². The van der Waals surface area contributed by atoms with Crippen LogP contribution >= 0.6 is 11.8 Å². The molecule has 1 atom stereocenters. The number of hydrogen-bond donors (Lipinski definition) is 3. The Hall–Kier alpha value is -3.34. The van der Waals surface area contributed by atoms with Crippen LogP contribution in [0.5, 0.6) is 0 Å². The van der Waals surface area contributed by atoms with Gasteiger partial charge in [0.15, 0.2) is 5.16 Å². The molecule has 1 aromatic heterocycles. The van der Waals surface area contributed by atoms with E-state index >= 15 is 0 Å². The molecule has 5 N–H and O–H groups in total. The van der Waals surface area contributed by atoms with E-state index in [2.05, 4.69) is 20.3 Å². The predicted octanol–water partition coefficient (Wildman–Crippen LogP) is 3.53. The Bertz CT molecular complexity index is 996. The minimum absolute atomic E-state index is 0.0148. The van der Waals surface area contributed by atoms with E-state index in [-0.39, 0.29) is 22.7 Å². The third-order valence-corrected chi connectivity index (χ3v) is 4.79. The smallest absolute Gasteiger partial charge is 0.368 e. The van der Waals surface area contributed by atoms with Crippen LogP contribution in [0.2, 0.25) is 0 Å². The molecule has 150 valence electrons. The Morgan fingerprint density at radius 1 is 0.966 bits per heavy atom.